The zero-order chi connectivity index (χ0) is 14.8. The van der Waals surface area contributed by atoms with Gasteiger partial charge in [0.1, 0.15) is 5.70 Å². The molecule has 0 N–H and O–H groups in total. The maximum Gasteiger partial charge on any atom is 0.299 e. The van der Waals surface area contributed by atoms with Gasteiger partial charge in [0.2, 0.25) is 6.79 Å². The second-order valence-electron chi connectivity index (χ2n) is 4.75. The number of carbonyl (C=O) groups is 1. The number of fused-ring (bicyclic) bond motifs is 1. The van der Waals surface area contributed by atoms with Crippen LogP contribution in [0.2, 0.25) is 0 Å². The highest BCUT2D eigenvalue weighted by molar-refractivity contribution is 6.11. The molecule has 0 saturated heterocycles. The quantitative estimate of drug-likeness (QED) is 0.798. The molecule has 0 atom stereocenters. The van der Waals surface area contributed by atoms with E-state index in [2.05, 4.69) is 4.99 Å². The third kappa shape index (κ3) is 2.56. The molecule has 0 bridgehead atoms. The number of carbonyl (C=O) groups excluding carboxylic acids is 1. The highest BCUT2D eigenvalue weighted by atomic mass is 16.7. The highest BCUT2D eigenvalue weighted by Crippen LogP contribution is 2.33. The van der Waals surface area contributed by atoms with Crippen molar-refractivity contribution in [3.05, 3.63) is 29.5 Å². The lowest BCUT2D eigenvalue weighted by Gasteiger charge is -2.11. The van der Waals surface area contributed by atoms with Crippen LogP contribution in [0.1, 0.15) is 18.9 Å². The van der Waals surface area contributed by atoms with E-state index in [4.69, 9.17) is 14.2 Å². The minimum absolute atomic E-state index is 0.182. The van der Waals surface area contributed by atoms with Gasteiger partial charge in [0.25, 0.3) is 11.9 Å². The summed E-state index contributed by atoms with van der Waals surface area (Å²) < 4.78 is 16.0. The van der Waals surface area contributed by atoms with Crippen molar-refractivity contribution in [1.29, 1.82) is 0 Å². The Morgan fingerprint density at radius 2 is 2.19 bits per heavy atom. The Morgan fingerprint density at radius 1 is 1.38 bits per heavy atom. The van der Waals surface area contributed by atoms with Crippen molar-refractivity contribution in [3.8, 4) is 11.5 Å². The Kier molecular flexibility index (Phi) is 3.51. The molecule has 2 aliphatic heterocycles. The summed E-state index contributed by atoms with van der Waals surface area (Å²) in [5, 5.41) is 0. The standard InChI is InChI=1S/C15H16N2O4/c1-3-6-19-15-16-11(14(18)17(15)2)7-10-4-5-12-13(8-10)21-9-20-12/h4-5,7-8H,3,6,9H2,1-2H3/b11-7+. The van der Waals surface area contributed by atoms with Crippen LogP contribution in [0.3, 0.4) is 0 Å². The summed E-state index contributed by atoms with van der Waals surface area (Å²) in [6, 6.07) is 5.83. The number of nitrogens with zero attached hydrogens (tertiary/aromatic N) is 2. The third-order valence-electron chi connectivity index (χ3n) is 3.16. The van der Waals surface area contributed by atoms with E-state index in [9.17, 15) is 4.79 Å². The predicted octanol–water partition coefficient (Wildman–Crippen LogP) is 2.01. The van der Waals surface area contributed by atoms with Crippen molar-refractivity contribution in [2.45, 2.75) is 13.3 Å². The Hall–Kier alpha value is -2.50. The molecule has 1 aromatic rings. The fraction of sp³-hybridized carbons (Fsp3) is 0.333. The van der Waals surface area contributed by atoms with Gasteiger partial charge in [-0.25, -0.2) is 0 Å². The molecular formula is C15H16N2O4. The fourth-order valence-corrected chi connectivity index (χ4v) is 2.06. The molecule has 0 spiro atoms. The molecule has 6 heteroatoms. The minimum atomic E-state index is -0.182. The summed E-state index contributed by atoms with van der Waals surface area (Å²) in [6.45, 7) is 2.76. The number of amidine groups is 1. The van der Waals surface area contributed by atoms with Crippen LogP contribution < -0.4 is 9.47 Å². The van der Waals surface area contributed by atoms with Crippen molar-refractivity contribution in [3.63, 3.8) is 0 Å². The SMILES string of the molecule is CCCOC1=N/C(=C/c2ccc3c(c2)OCO3)C(=O)N1C. The number of aliphatic imine (C=N–C) groups is 1. The summed E-state index contributed by atoms with van der Waals surface area (Å²) in [7, 11) is 1.65. The molecule has 0 aliphatic carbocycles. The van der Waals surface area contributed by atoms with Crippen LogP contribution in [0.4, 0.5) is 0 Å². The van der Waals surface area contributed by atoms with E-state index >= 15 is 0 Å². The lowest BCUT2D eigenvalue weighted by atomic mass is 10.1. The summed E-state index contributed by atoms with van der Waals surface area (Å²) in [5.41, 5.74) is 1.18. The first-order valence-electron chi connectivity index (χ1n) is 6.80. The molecule has 2 aliphatic rings. The average Bonchev–Trinajstić information content (AvgIpc) is 3.05. The van der Waals surface area contributed by atoms with Gasteiger partial charge in [0.15, 0.2) is 11.5 Å². The molecule has 6 nitrogen and oxygen atoms in total. The molecule has 3 rings (SSSR count). The number of hydrogen-bond donors (Lipinski definition) is 0. The van der Waals surface area contributed by atoms with Crippen molar-refractivity contribution < 1.29 is 19.0 Å². The molecule has 21 heavy (non-hydrogen) atoms. The second-order valence-corrected chi connectivity index (χ2v) is 4.75. The van der Waals surface area contributed by atoms with E-state index in [1.165, 1.54) is 4.90 Å². The molecule has 1 amide bonds. The highest BCUT2D eigenvalue weighted by Gasteiger charge is 2.28. The zero-order valence-electron chi connectivity index (χ0n) is 12.0. The van der Waals surface area contributed by atoms with Gasteiger partial charge in [-0.1, -0.05) is 13.0 Å². The summed E-state index contributed by atoms with van der Waals surface area (Å²) in [4.78, 5) is 17.8. The van der Waals surface area contributed by atoms with Crippen LogP contribution in [0, 0.1) is 0 Å². The van der Waals surface area contributed by atoms with Crippen LogP contribution in [0.5, 0.6) is 11.5 Å². The van der Waals surface area contributed by atoms with Crippen molar-refractivity contribution in [1.82, 2.24) is 4.90 Å². The fourth-order valence-electron chi connectivity index (χ4n) is 2.06. The Labute approximate surface area is 122 Å². The predicted molar refractivity (Wildman–Crippen MR) is 77.0 cm³/mol. The number of hydrogen-bond acceptors (Lipinski definition) is 5. The van der Waals surface area contributed by atoms with Gasteiger partial charge in [0, 0.05) is 7.05 Å². The average molecular weight is 288 g/mol. The van der Waals surface area contributed by atoms with Crippen LogP contribution in [0.25, 0.3) is 6.08 Å². The number of likely N-dealkylation sites (N-methyl/N-ethyl adjacent to an activating group) is 1. The summed E-state index contributed by atoms with van der Waals surface area (Å²) in [6.07, 6.45) is 2.57. The molecule has 0 unspecified atom stereocenters. The maximum absolute atomic E-state index is 12.1. The van der Waals surface area contributed by atoms with Crippen LogP contribution in [0.15, 0.2) is 28.9 Å². The van der Waals surface area contributed by atoms with Crippen molar-refractivity contribution >= 4 is 18.0 Å². The maximum atomic E-state index is 12.1. The normalized spacial score (nSPS) is 18.4. The molecule has 0 radical (unpaired) electrons. The Morgan fingerprint density at radius 3 is 3.00 bits per heavy atom. The van der Waals surface area contributed by atoms with Gasteiger partial charge in [-0.15, -0.1) is 0 Å². The largest absolute Gasteiger partial charge is 0.465 e. The summed E-state index contributed by atoms with van der Waals surface area (Å²) >= 11 is 0. The minimum Gasteiger partial charge on any atom is -0.465 e. The number of amides is 1. The molecule has 0 aromatic heterocycles. The Balaban J connectivity index is 1.85. The molecule has 2 heterocycles. The smallest absolute Gasteiger partial charge is 0.299 e. The molecule has 110 valence electrons. The van der Waals surface area contributed by atoms with E-state index < -0.39 is 0 Å². The lowest BCUT2D eigenvalue weighted by Crippen LogP contribution is -2.29. The van der Waals surface area contributed by atoms with Gasteiger partial charge in [-0.05, 0) is 30.2 Å². The van der Waals surface area contributed by atoms with E-state index in [-0.39, 0.29) is 12.7 Å². The van der Waals surface area contributed by atoms with Crippen molar-refractivity contribution in [2.75, 3.05) is 20.4 Å². The molecule has 1 aromatic carbocycles. The van der Waals surface area contributed by atoms with E-state index in [1.807, 2.05) is 25.1 Å². The van der Waals surface area contributed by atoms with Gasteiger partial charge in [-0.2, -0.15) is 4.99 Å². The first-order valence-corrected chi connectivity index (χ1v) is 6.80. The lowest BCUT2D eigenvalue weighted by molar-refractivity contribution is -0.122. The number of rotatable bonds is 3. The molecule has 0 fully saturated rings. The van der Waals surface area contributed by atoms with Crippen LogP contribution in [-0.2, 0) is 9.53 Å². The second kappa shape index (κ2) is 5.47. The summed E-state index contributed by atoms with van der Waals surface area (Å²) in [5.74, 6) is 1.20. The van der Waals surface area contributed by atoms with Gasteiger partial charge in [-0.3, -0.25) is 9.69 Å². The molecule has 0 saturated carbocycles. The Bertz CT molecular complexity index is 637. The van der Waals surface area contributed by atoms with Crippen molar-refractivity contribution in [2.24, 2.45) is 4.99 Å². The number of benzene rings is 1. The van der Waals surface area contributed by atoms with Crippen LogP contribution >= 0.6 is 0 Å². The van der Waals surface area contributed by atoms with Crippen LogP contribution in [-0.4, -0.2) is 37.3 Å². The third-order valence-corrected chi connectivity index (χ3v) is 3.16. The first-order chi connectivity index (χ1) is 10.2. The number of ether oxygens (including phenoxy) is 3. The monoisotopic (exact) mass is 288 g/mol. The van der Waals surface area contributed by atoms with E-state index in [0.29, 0.717) is 29.8 Å². The van der Waals surface area contributed by atoms with Gasteiger partial charge < -0.3 is 14.2 Å². The van der Waals surface area contributed by atoms with E-state index in [0.717, 1.165) is 12.0 Å². The van der Waals surface area contributed by atoms with Gasteiger partial charge in [0.05, 0.1) is 6.61 Å². The topological polar surface area (TPSA) is 60.4 Å². The molecular weight excluding hydrogens is 272 g/mol. The van der Waals surface area contributed by atoms with E-state index in [1.54, 1.807) is 13.1 Å². The zero-order valence-corrected chi connectivity index (χ0v) is 12.0. The first kappa shape index (κ1) is 13.5. The van der Waals surface area contributed by atoms with Gasteiger partial charge >= 0.3 is 0 Å².